The molecular weight excluding hydrogens is 310 g/mol. The van der Waals surface area contributed by atoms with Gasteiger partial charge in [-0.05, 0) is 40.0 Å². The Labute approximate surface area is 141 Å². The van der Waals surface area contributed by atoms with Gasteiger partial charge in [-0.15, -0.1) is 11.3 Å². The molecule has 124 valence electrons. The van der Waals surface area contributed by atoms with Crippen LogP contribution < -0.4 is 10.1 Å². The molecule has 1 amide bonds. The molecule has 0 saturated heterocycles. The molecule has 0 aliphatic carbocycles. The lowest BCUT2D eigenvalue weighted by molar-refractivity contribution is -0.120. The van der Waals surface area contributed by atoms with E-state index in [1.165, 1.54) is 4.88 Å². The second-order valence-electron chi connectivity index (χ2n) is 5.37. The Morgan fingerprint density at radius 3 is 2.83 bits per heavy atom. The van der Waals surface area contributed by atoms with Crippen molar-refractivity contribution in [2.75, 3.05) is 19.0 Å². The third-order valence-electron chi connectivity index (χ3n) is 3.72. The molecule has 1 atom stereocenters. The van der Waals surface area contributed by atoms with E-state index in [1.807, 2.05) is 62.5 Å². The van der Waals surface area contributed by atoms with Crippen LogP contribution in [0.3, 0.4) is 0 Å². The van der Waals surface area contributed by atoms with Crippen LogP contribution >= 0.6 is 11.3 Å². The number of hydrogen-bond donors (Lipinski definition) is 1. The predicted molar refractivity (Wildman–Crippen MR) is 94.0 cm³/mol. The van der Waals surface area contributed by atoms with Gasteiger partial charge in [0, 0.05) is 11.4 Å². The molecular formula is C17H23N3O2S. The summed E-state index contributed by atoms with van der Waals surface area (Å²) in [6, 6.07) is 7.22. The Bertz CT molecular complexity index is 657. The van der Waals surface area contributed by atoms with E-state index in [2.05, 4.69) is 10.3 Å². The third kappa shape index (κ3) is 4.53. The molecule has 1 heterocycles. The number of para-hydroxylation sites is 2. The minimum absolute atomic E-state index is 0.0539. The highest BCUT2D eigenvalue weighted by Gasteiger charge is 2.20. The minimum Gasteiger partial charge on any atom is -0.492 e. The quantitative estimate of drug-likeness (QED) is 0.844. The highest BCUT2D eigenvalue weighted by atomic mass is 32.1. The Kier molecular flexibility index (Phi) is 6.12. The summed E-state index contributed by atoms with van der Waals surface area (Å²) in [5.41, 5.74) is 3.56. The molecule has 0 saturated carbocycles. The van der Waals surface area contributed by atoms with Gasteiger partial charge in [0.1, 0.15) is 5.75 Å². The first-order chi connectivity index (χ1) is 11.0. The molecule has 1 aromatic heterocycles. The van der Waals surface area contributed by atoms with E-state index in [0.29, 0.717) is 24.6 Å². The third-order valence-corrected chi connectivity index (χ3v) is 4.64. The largest absolute Gasteiger partial charge is 0.492 e. The average molecular weight is 333 g/mol. The highest BCUT2D eigenvalue weighted by Crippen LogP contribution is 2.24. The van der Waals surface area contributed by atoms with Crippen molar-refractivity contribution in [3.8, 4) is 5.75 Å². The lowest BCUT2D eigenvalue weighted by atomic mass is 10.2. The molecule has 2 aromatic rings. The molecule has 0 fully saturated rings. The van der Waals surface area contributed by atoms with Gasteiger partial charge in [-0.25, -0.2) is 4.98 Å². The van der Waals surface area contributed by atoms with E-state index in [0.717, 1.165) is 5.69 Å². The highest BCUT2D eigenvalue weighted by molar-refractivity contribution is 7.09. The van der Waals surface area contributed by atoms with E-state index in [-0.39, 0.29) is 11.9 Å². The first kappa shape index (κ1) is 17.4. The molecule has 2 rings (SSSR count). The van der Waals surface area contributed by atoms with Crippen LogP contribution in [-0.2, 0) is 11.3 Å². The fraction of sp³-hybridized carbons (Fsp3) is 0.412. The molecule has 0 aliphatic rings. The van der Waals surface area contributed by atoms with Crippen molar-refractivity contribution in [1.82, 2.24) is 9.88 Å². The second kappa shape index (κ2) is 8.08. The van der Waals surface area contributed by atoms with Crippen molar-refractivity contribution >= 4 is 22.9 Å². The zero-order valence-electron chi connectivity index (χ0n) is 14.0. The fourth-order valence-corrected chi connectivity index (χ4v) is 2.97. The number of ether oxygens (including phenoxy) is 1. The van der Waals surface area contributed by atoms with Crippen molar-refractivity contribution in [2.45, 2.75) is 33.4 Å². The van der Waals surface area contributed by atoms with Gasteiger partial charge >= 0.3 is 0 Å². The van der Waals surface area contributed by atoms with Gasteiger partial charge in [-0.2, -0.15) is 0 Å². The predicted octanol–water partition coefficient (Wildman–Crippen LogP) is 3.31. The Hall–Kier alpha value is -1.92. The summed E-state index contributed by atoms with van der Waals surface area (Å²) in [6.45, 7) is 7.08. The van der Waals surface area contributed by atoms with Gasteiger partial charge in [0.05, 0.1) is 29.5 Å². The van der Waals surface area contributed by atoms with Crippen LogP contribution in [0.2, 0.25) is 0 Å². The van der Waals surface area contributed by atoms with Crippen LogP contribution in [0.1, 0.15) is 24.4 Å². The van der Waals surface area contributed by atoms with E-state index in [1.54, 1.807) is 11.3 Å². The Morgan fingerprint density at radius 1 is 1.43 bits per heavy atom. The number of likely N-dealkylation sites (N-methyl/N-ethyl adjacent to an activating group) is 1. The van der Waals surface area contributed by atoms with Gasteiger partial charge in [0.15, 0.2) is 0 Å². The lowest BCUT2D eigenvalue weighted by Crippen LogP contribution is -2.39. The van der Waals surface area contributed by atoms with Crippen LogP contribution in [0, 0.1) is 6.92 Å². The number of rotatable bonds is 7. The molecule has 0 aliphatic heterocycles. The number of hydrogen-bond acceptors (Lipinski definition) is 5. The van der Waals surface area contributed by atoms with Gasteiger partial charge in [0.2, 0.25) is 5.91 Å². The summed E-state index contributed by atoms with van der Waals surface area (Å²) in [5.74, 6) is 0.637. The van der Waals surface area contributed by atoms with Crippen LogP contribution in [0.4, 0.5) is 5.69 Å². The van der Waals surface area contributed by atoms with Gasteiger partial charge in [-0.3, -0.25) is 9.69 Å². The fourth-order valence-electron chi connectivity index (χ4n) is 2.13. The van der Waals surface area contributed by atoms with E-state index >= 15 is 0 Å². The van der Waals surface area contributed by atoms with Crippen molar-refractivity contribution in [1.29, 1.82) is 0 Å². The first-order valence-electron chi connectivity index (χ1n) is 7.64. The van der Waals surface area contributed by atoms with E-state index in [9.17, 15) is 4.79 Å². The number of benzene rings is 1. The van der Waals surface area contributed by atoms with Crippen molar-refractivity contribution in [3.63, 3.8) is 0 Å². The van der Waals surface area contributed by atoms with Gasteiger partial charge < -0.3 is 10.1 Å². The molecule has 5 nitrogen and oxygen atoms in total. The number of thiazole rings is 1. The maximum absolute atomic E-state index is 12.5. The normalized spacial score (nSPS) is 12.2. The minimum atomic E-state index is -0.258. The molecule has 1 N–H and O–H groups in total. The van der Waals surface area contributed by atoms with E-state index in [4.69, 9.17) is 4.74 Å². The number of nitrogens with zero attached hydrogens (tertiary/aromatic N) is 2. The van der Waals surface area contributed by atoms with Crippen LogP contribution in [0.5, 0.6) is 5.75 Å². The number of nitrogens with one attached hydrogen (secondary N) is 1. The first-order valence-corrected chi connectivity index (χ1v) is 8.52. The lowest BCUT2D eigenvalue weighted by Gasteiger charge is -2.24. The Balaban J connectivity index is 2.01. The molecule has 0 spiro atoms. The zero-order chi connectivity index (χ0) is 16.8. The SMILES string of the molecule is CCOc1ccccc1NC(=O)C(C)N(C)Cc1scnc1C. The van der Waals surface area contributed by atoms with Crippen LogP contribution in [-0.4, -0.2) is 35.5 Å². The van der Waals surface area contributed by atoms with E-state index < -0.39 is 0 Å². The summed E-state index contributed by atoms with van der Waals surface area (Å²) in [7, 11) is 1.94. The van der Waals surface area contributed by atoms with Crippen molar-refractivity contribution in [2.24, 2.45) is 0 Å². The number of amides is 1. The summed E-state index contributed by atoms with van der Waals surface area (Å²) in [4.78, 5) is 19.9. The topological polar surface area (TPSA) is 54.5 Å². The maximum atomic E-state index is 12.5. The Morgan fingerprint density at radius 2 is 2.17 bits per heavy atom. The van der Waals surface area contributed by atoms with Crippen molar-refractivity contribution in [3.05, 3.63) is 40.3 Å². The number of aryl methyl sites for hydroxylation is 1. The molecule has 1 unspecified atom stereocenters. The summed E-state index contributed by atoms with van der Waals surface area (Å²) in [6.07, 6.45) is 0. The molecule has 6 heteroatoms. The zero-order valence-corrected chi connectivity index (χ0v) is 14.8. The van der Waals surface area contributed by atoms with Crippen molar-refractivity contribution < 1.29 is 9.53 Å². The van der Waals surface area contributed by atoms with Gasteiger partial charge in [0.25, 0.3) is 0 Å². The summed E-state index contributed by atoms with van der Waals surface area (Å²) < 4.78 is 5.54. The standard InChI is InChI=1S/C17H23N3O2S/c1-5-22-15-9-7-6-8-14(15)19-17(21)13(3)20(4)10-16-12(2)18-11-23-16/h6-9,11,13H,5,10H2,1-4H3,(H,19,21). The van der Waals surface area contributed by atoms with Crippen LogP contribution in [0.15, 0.2) is 29.8 Å². The molecule has 1 aromatic carbocycles. The summed E-state index contributed by atoms with van der Waals surface area (Å²) in [5, 5.41) is 2.95. The summed E-state index contributed by atoms with van der Waals surface area (Å²) >= 11 is 1.62. The molecule has 0 radical (unpaired) electrons. The monoisotopic (exact) mass is 333 g/mol. The van der Waals surface area contributed by atoms with Crippen LogP contribution in [0.25, 0.3) is 0 Å². The number of carbonyl (C=O) groups is 1. The molecule has 0 bridgehead atoms. The average Bonchev–Trinajstić information content (AvgIpc) is 2.93. The second-order valence-corrected chi connectivity index (χ2v) is 6.31. The van der Waals surface area contributed by atoms with Gasteiger partial charge in [-0.1, -0.05) is 12.1 Å². The number of carbonyl (C=O) groups excluding carboxylic acids is 1. The number of anilines is 1. The maximum Gasteiger partial charge on any atom is 0.241 e. The smallest absolute Gasteiger partial charge is 0.241 e. The number of aromatic nitrogens is 1. The molecule has 23 heavy (non-hydrogen) atoms.